The molecule has 1 aromatic rings. The van der Waals surface area contributed by atoms with Gasteiger partial charge in [0.15, 0.2) is 6.10 Å². The third-order valence-corrected chi connectivity index (χ3v) is 4.50. The van der Waals surface area contributed by atoms with Crippen LogP contribution < -0.4 is 10.1 Å². The zero-order valence-corrected chi connectivity index (χ0v) is 13.8. The third-order valence-electron chi connectivity index (χ3n) is 4.50. The molecule has 1 N–H and O–H groups in total. The molecule has 0 spiro atoms. The summed E-state index contributed by atoms with van der Waals surface area (Å²) < 4.78 is 10.9. The average Bonchev–Trinajstić information content (AvgIpc) is 2.97. The van der Waals surface area contributed by atoms with Crippen LogP contribution >= 0.6 is 0 Å². The number of amides is 2. The summed E-state index contributed by atoms with van der Waals surface area (Å²) >= 11 is 0. The van der Waals surface area contributed by atoms with Crippen molar-refractivity contribution in [2.45, 2.75) is 44.4 Å². The lowest BCUT2D eigenvalue weighted by atomic mass is 10.1. The highest BCUT2D eigenvalue weighted by molar-refractivity contribution is 5.90. The molecule has 2 saturated heterocycles. The van der Waals surface area contributed by atoms with Crippen LogP contribution in [0.5, 0.6) is 5.75 Å². The smallest absolute Gasteiger partial charge is 0.261 e. The summed E-state index contributed by atoms with van der Waals surface area (Å²) in [5, 5.41) is 2.81. The molecule has 24 heavy (non-hydrogen) atoms. The molecule has 0 radical (unpaired) electrons. The van der Waals surface area contributed by atoms with Crippen LogP contribution in [0.15, 0.2) is 24.5 Å². The van der Waals surface area contributed by atoms with Crippen LogP contribution in [0.2, 0.25) is 0 Å². The fourth-order valence-corrected chi connectivity index (χ4v) is 3.16. The Balaban J connectivity index is 1.52. The quantitative estimate of drug-likeness (QED) is 0.860. The fraction of sp³-hybridized carbons (Fsp3) is 0.588. The van der Waals surface area contributed by atoms with Crippen LogP contribution in [0.1, 0.15) is 26.2 Å². The van der Waals surface area contributed by atoms with Crippen molar-refractivity contribution >= 4 is 11.8 Å². The predicted octanol–water partition coefficient (Wildman–Crippen LogP) is 0.745. The molecular weight excluding hydrogens is 310 g/mol. The highest BCUT2D eigenvalue weighted by Crippen LogP contribution is 2.21. The molecule has 0 saturated carbocycles. The number of hydrogen-bond donors (Lipinski definition) is 1. The number of rotatable bonds is 5. The van der Waals surface area contributed by atoms with Crippen molar-refractivity contribution in [2.75, 3.05) is 19.8 Å². The summed E-state index contributed by atoms with van der Waals surface area (Å²) in [7, 11) is 0. The highest BCUT2D eigenvalue weighted by atomic mass is 16.5. The Labute approximate surface area is 141 Å². The number of nitrogens with zero attached hydrogens (tertiary/aromatic N) is 2. The number of pyridine rings is 1. The van der Waals surface area contributed by atoms with Gasteiger partial charge in [0.1, 0.15) is 11.8 Å². The molecule has 3 heterocycles. The molecule has 2 aliphatic rings. The second kappa shape index (κ2) is 7.61. The summed E-state index contributed by atoms with van der Waals surface area (Å²) in [5.74, 6) is 0.247. The molecule has 2 atom stereocenters. The van der Waals surface area contributed by atoms with Gasteiger partial charge in [-0.05, 0) is 38.3 Å². The van der Waals surface area contributed by atoms with Crippen LogP contribution in [0.25, 0.3) is 0 Å². The molecule has 130 valence electrons. The Kier molecular flexibility index (Phi) is 5.30. The molecule has 3 rings (SSSR count). The van der Waals surface area contributed by atoms with E-state index in [1.54, 1.807) is 31.5 Å². The number of carbonyl (C=O) groups excluding carboxylic acids is 2. The van der Waals surface area contributed by atoms with Crippen LogP contribution in [0.4, 0.5) is 0 Å². The van der Waals surface area contributed by atoms with Gasteiger partial charge < -0.3 is 19.7 Å². The first-order chi connectivity index (χ1) is 11.6. The van der Waals surface area contributed by atoms with Crippen molar-refractivity contribution < 1.29 is 19.1 Å². The SMILES string of the molecule is CC(Oc1cccnc1)C(=O)NC1CCN(C2CCOCC2)C1=O. The van der Waals surface area contributed by atoms with Gasteiger partial charge in [-0.1, -0.05) is 0 Å². The van der Waals surface area contributed by atoms with Crippen molar-refractivity contribution in [1.82, 2.24) is 15.2 Å². The largest absolute Gasteiger partial charge is 0.479 e. The minimum absolute atomic E-state index is 0.00354. The Bertz CT molecular complexity index is 574. The van der Waals surface area contributed by atoms with Gasteiger partial charge in [0, 0.05) is 32.0 Å². The standard InChI is InChI=1S/C17H23N3O4/c1-12(24-14-3-2-7-18-11-14)16(21)19-15-4-8-20(17(15)22)13-5-9-23-10-6-13/h2-3,7,11-13,15H,4-6,8-10H2,1H3,(H,19,21). The maximum atomic E-state index is 12.5. The van der Waals surface area contributed by atoms with E-state index in [1.807, 2.05) is 4.90 Å². The van der Waals surface area contributed by atoms with Crippen molar-refractivity contribution in [1.29, 1.82) is 0 Å². The van der Waals surface area contributed by atoms with E-state index in [9.17, 15) is 9.59 Å². The van der Waals surface area contributed by atoms with E-state index in [1.165, 1.54) is 0 Å². The predicted molar refractivity (Wildman–Crippen MR) is 86.4 cm³/mol. The molecule has 0 aliphatic carbocycles. The molecule has 7 nitrogen and oxygen atoms in total. The van der Waals surface area contributed by atoms with Gasteiger partial charge >= 0.3 is 0 Å². The van der Waals surface area contributed by atoms with E-state index >= 15 is 0 Å². The second-order valence-electron chi connectivity index (χ2n) is 6.17. The monoisotopic (exact) mass is 333 g/mol. The van der Waals surface area contributed by atoms with E-state index in [2.05, 4.69) is 10.3 Å². The summed E-state index contributed by atoms with van der Waals surface area (Å²) in [6.07, 6.45) is 4.89. The number of nitrogens with one attached hydrogen (secondary N) is 1. The van der Waals surface area contributed by atoms with Crippen molar-refractivity contribution in [3.8, 4) is 5.75 Å². The summed E-state index contributed by atoms with van der Waals surface area (Å²) in [6, 6.07) is 3.26. The number of carbonyl (C=O) groups is 2. The van der Waals surface area contributed by atoms with Crippen LogP contribution in [0, 0.1) is 0 Å². The first-order valence-electron chi connectivity index (χ1n) is 8.40. The van der Waals surface area contributed by atoms with E-state index in [-0.39, 0.29) is 17.9 Å². The maximum absolute atomic E-state index is 12.5. The minimum Gasteiger partial charge on any atom is -0.479 e. The normalized spacial score (nSPS) is 23.1. The van der Waals surface area contributed by atoms with E-state index < -0.39 is 12.1 Å². The lowest BCUT2D eigenvalue weighted by Gasteiger charge is -2.31. The Morgan fingerprint density at radius 3 is 2.92 bits per heavy atom. The number of likely N-dealkylation sites (tertiary alicyclic amines) is 1. The third kappa shape index (κ3) is 3.84. The van der Waals surface area contributed by atoms with Gasteiger partial charge in [-0.15, -0.1) is 0 Å². The zero-order valence-electron chi connectivity index (χ0n) is 13.8. The van der Waals surface area contributed by atoms with Gasteiger partial charge in [-0.3, -0.25) is 14.6 Å². The highest BCUT2D eigenvalue weighted by Gasteiger charge is 2.37. The van der Waals surface area contributed by atoms with Gasteiger partial charge in [-0.25, -0.2) is 0 Å². The van der Waals surface area contributed by atoms with Crippen molar-refractivity contribution in [3.05, 3.63) is 24.5 Å². The Morgan fingerprint density at radius 2 is 2.21 bits per heavy atom. The molecule has 7 heteroatoms. The van der Waals surface area contributed by atoms with Gasteiger partial charge in [-0.2, -0.15) is 0 Å². The molecule has 0 aromatic carbocycles. The summed E-state index contributed by atoms with van der Waals surface area (Å²) in [4.78, 5) is 30.7. The van der Waals surface area contributed by atoms with Crippen LogP contribution in [0.3, 0.4) is 0 Å². The van der Waals surface area contributed by atoms with Gasteiger partial charge in [0.05, 0.1) is 6.20 Å². The molecule has 2 fully saturated rings. The Hall–Kier alpha value is -2.15. The molecule has 0 bridgehead atoms. The van der Waals surface area contributed by atoms with Crippen LogP contribution in [-0.2, 0) is 14.3 Å². The van der Waals surface area contributed by atoms with E-state index in [4.69, 9.17) is 9.47 Å². The first-order valence-corrected chi connectivity index (χ1v) is 8.40. The number of aromatic nitrogens is 1. The molecule has 2 amide bonds. The molecule has 2 unspecified atom stereocenters. The second-order valence-corrected chi connectivity index (χ2v) is 6.17. The first kappa shape index (κ1) is 16.7. The summed E-state index contributed by atoms with van der Waals surface area (Å²) in [6.45, 7) is 3.74. The van der Waals surface area contributed by atoms with E-state index in [0.29, 0.717) is 31.9 Å². The number of ether oxygens (including phenoxy) is 2. The molecule has 2 aliphatic heterocycles. The topological polar surface area (TPSA) is 80.8 Å². The Morgan fingerprint density at radius 1 is 1.42 bits per heavy atom. The lowest BCUT2D eigenvalue weighted by Crippen LogP contribution is -2.48. The minimum atomic E-state index is -0.681. The molecule has 1 aromatic heterocycles. The maximum Gasteiger partial charge on any atom is 0.261 e. The average molecular weight is 333 g/mol. The fourth-order valence-electron chi connectivity index (χ4n) is 3.16. The lowest BCUT2D eigenvalue weighted by molar-refractivity contribution is -0.137. The van der Waals surface area contributed by atoms with Crippen molar-refractivity contribution in [3.63, 3.8) is 0 Å². The van der Waals surface area contributed by atoms with Crippen molar-refractivity contribution in [2.24, 2.45) is 0 Å². The van der Waals surface area contributed by atoms with Gasteiger partial charge in [0.2, 0.25) is 5.91 Å². The number of hydrogen-bond acceptors (Lipinski definition) is 5. The van der Waals surface area contributed by atoms with Gasteiger partial charge in [0.25, 0.3) is 5.91 Å². The van der Waals surface area contributed by atoms with E-state index in [0.717, 1.165) is 12.8 Å². The van der Waals surface area contributed by atoms with Crippen LogP contribution in [-0.4, -0.2) is 59.6 Å². The zero-order chi connectivity index (χ0) is 16.9. The summed E-state index contributed by atoms with van der Waals surface area (Å²) in [5.41, 5.74) is 0. The molecular formula is C17H23N3O4.